The van der Waals surface area contributed by atoms with E-state index >= 15 is 0 Å². The van der Waals surface area contributed by atoms with Crippen LogP contribution in [0.2, 0.25) is 0 Å². The molecule has 1 aliphatic heterocycles. The van der Waals surface area contributed by atoms with Gasteiger partial charge in [0.1, 0.15) is 5.57 Å². The molecule has 0 atom stereocenters. The summed E-state index contributed by atoms with van der Waals surface area (Å²) in [6.45, 7) is 3.81. The van der Waals surface area contributed by atoms with Gasteiger partial charge in [0, 0.05) is 0 Å². The monoisotopic (exact) mass is 396 g/mol. The van der Waals surface area contributed by atoms with Crippen molar-refractivity contribution >= 4 is 40.9 Å². The van der Waals surface area contributed by atoms with E-state index in [2.05, 4.69) is 5.32 Å². The highest BCUT2D eigenvalue weighted by Crippen LogP contribution is 2.32. The fraction of sp³-hybridized carbons (Fsp3) is 0.190. The summed E-state index contributed by atoms with van der Waals surface area (Å²) in [5.41, 5.74) is 3.15. The average Bonchev–Trinajstić information content (AvgIpc) is 2.67. The first-order valence-electron chi connectivity index (χ1n) is 8.56. The van der Waals surface area contributed by atoms with Crippen molar-refractivity contribution in [2.24, 2.45) is 0 Å². The van der Waals surface area contributed by atoms with Gasteiger partial charge < -0.3 is 9.47 Å². The molecule has 1 aliphatic rings. The molecule has 0 radical (unpaired) electrons. The van der Waals surface area contributed by atoms with Crippen LogP contribution in [0.1, 0.15) is 16.7 Å². The maximum Gasteiger partial charge on any atom is 0.270 e. The summed E-state index contributed by atoms with van der Waals surface area (Å²) < 4.78 is 10.6. The van der Waals surface area contributed by atoms with Crippen LogP contribution in [0.25, 0.3) is 6.08 Å². The number of thiocarbonyl (C=S) groups is 1. The van der Waals surface area contributed by atoms with Crippen molar-refractivity contribution in [2.45, 2.75) is 13.8 Å². The standard InChI is InChI=1S/C21H20N2O4S/c1-12-5-7-15(8-6-12)23-20(25)16(19(24)22-21(23)28)10-14-11-18(27-4)17(26-3)9-13(14)2/h5-11H,1-4H3,(H,22,24,28)/b16-10+. The first-order chi connectivity index (χ1) is 13.3. The van der Waals surface area contributed by atoms with Crippen LogP contribution in [0.3, 0.4) is 0 Å². The molecule has 0 aliphatic carbocycles. The van der Waals surface area contributed by atoms with Gasteiger partial charge in [-0.05, 0) is 67.5 Å². The maximum atomic E-state index is 13.1. The molecule has 0 unspecified atom stereocenters. The third-order valence-corrected chi connectivity index (χ3v) is 4.75. The zero-order valence-electron chi connectivity index (χ0n) is 16.0. The molecule has 6 nitrogen and oxygen atoms in total. The quantitative estimate of drug-likeness (QED) is 0.489. The van der Waals surface area contributed by atoms with Crippen LogP contribution in [0.15, 0.2) is 42.0 Å². The van der Waals surface area contributed by atoms with Gasteiger partial charge in [-0.2, -0.15) is 0 Å². The van der Waals surface area contributed by atoms with E-state index in [9.17, 15) is 9.59 Å². The lowest BCUT2D eigenvalue weighted by Gasteiger charge is -2.29. The highest BCUT2D eigenvalue weighted by Gasteiger charge is 2.34. The highest BCUT2D eigenvalue weighted by atomic mass is 32.1. The van der Waals surface area contributed by atoms with E-state index in [1.807, 2.05) is 26.0 Å². The van der Waals surface area contributed by atoms with Crippen LogP contribution in [-0.4, -0.2) is 31.1 Å². The Labute approximate surface area is 168 Å². The lowest BCUT2D eigenvalue weighted by atomic mass is 10.0. The number of methoxy groups -OCH3 is 2. The van der Waals surface area contributed by atoms with Crippen LogP contribution in [0.4, 0.5) is 5.69 Å². The van der Waals surface area contributed by atoms with E-state index in [1.165, 1.54) is 18.1 Å². The topological polar surface area (TPSA) is 67.9 Å². The number of nitrogens with one attached hydrogen (secondary N) is 1. The van der Waals surface area contributed by atoms with Crippen LogP contribution in [-0.2, 0) is 9.59 Å². The van der Waals surface area contributed by atoms with Crippen molar-refractivity contribution in [3.05, 3.63) is 58.7 Å². The van der Waals surface area contributed by atoms with Crippen LogP contribution in [0, 0.1) is 13.8 Å². The minimum absolute atomic E-state index is 0.00973. The third kappa shape index (κ3) is 3.61. The van der Waals surface area contributed by atoms with Crippen molar-refractivity contribution in [3.8, 4) is 11.5 Å². The van der Waals surface area contributed by atoms with Gasteiger partial charge in [0.25, 0.3) is 11.8 Å². The van der Waals surface area contributed by atoms with Crippen molar-refractivity contribution in [3.63, 3.8) is 0 Å². The van der Waals surface area contributed by atoms with Crippen molar-refractivity contribution < 1.29 is 19.1 Å². The Kier molecular flexibility index (Phi) is 5.46. The number of nitrogens with zero attached hydrogens (tertiary/aromatic N) is 1. The second-order valence-electron chi connectivity index (χ2n) is 6.36. The smallest absolute Gasteiger partial charge is 0.270 e. The van der Waals surface area contributed by atoms with E-state index in [1.54, 1.807) is 31.4 Å². The first kappa shape index (κ1) is 19.6. The van der Waals surface area contributed by atoms with E-state index in [0.717, 1.165) is 11.1 Å². The molecule has 0 saturated carbocycles. The molecular formula is C21H20N2O4S. The van der Waals surface area contributed by atoms with Gasteiger partial charge in [-0.1, -0.05) is 17.7 Å². The number of aryl methyl sites for hydroxylation is 2. The van der Waals surface area contributed by atoms with Crippen molar-refractivity contribution in [1.29, 1.82) is 0 Å². The predicted molar refractivity (Wildman–Crippen MR) is 112 cm³/mol. The summed E-state index contributed by atoms with van der Waals surface area (Å²) >= 11 is 5.22. The van der Waals surface area contributed by atoms with Gasteiger partial charge in [-0.3, -0.25) is 19.8 Å². The number of rotatable bonds is 4. The molecule has 1 N–H and O–H groups in total. The van der Waals surface area contributed by atoms with Crippen LogP contribution in [0.5, 0.6) is 11.5 Å². The number of hydrogen-bond acceptors (Lipinski definition) is 5. The second kappa shape index (κ2) is 7.82. The Bertz CT molecular complexity index is 996. The number of benzene rings is 2. The number of carbonyl (C=O) groups is 2. The van der Waals surface area contributed by atoms with Gasteiger partial charge in [0.15, 0.2) is 16.6 Å². The zero-order chi connectivity index (χ0) is 20.4. The van der Waals surface area contributed by atoms with E-state index < -0.39 is 11.8 Å². The molecule has 1 saturated heterocycles. The molecule has 1 fully saturated rings. The lowest BCUT2D eigenvalue weighted by molar-refractivity contribution is -0.122. The van der Waals surface area contributed by atoms with Gasteiger partial charge in [0.05, 0.1) is 19.9 Å². The Hall–Kier alpha value is -3.19. The van der Waals surface area contributed by atoms with Gasteiger partial charge in [0.2, 0.25) is 0 Å². The molecule has 2 amide bonds. The Morgan fingerprint density at radius 2 is 1.61 bits per heavy atom. The maximum absolute atomic E-state index is 13.1. The van der Waals surface area contributed by atoms with E-state index in [-0.39, 0.29) is 10.7 Å². The molecule has 2 aromatic carbocycles. The molecular weight excluding hydrogens is 376 g/mol. The largest absolute Gasteiger partial charge is 0.493 e. The summed E-state index contributed by atoms with van der Waals surface area (Å²) in [5, 5.41) is 2.64. The minimum atomic E-state index is -0.535. The third-order valence-electron chi connectivity index (χ3n) is 4.47. The Morgan fingerprint density at radius 1 is 1.00 bits per heavy atom. The molecule has 28 heavy (non-hydrogen) atoms. The van der Waals surface area contributed by atoms with Crippen molar-refractivity contribution in [1.82, 2.24) is 5.32 Å². The van der Waals surface area contributed by atoms with Crippen molar-refractivity contribution in [2.75, 3.05) is 19.1 Å². The molecule has 3 rings (SSSR count). The summed E-state index contributed by atoms with van der Waals surface area (Å²) in [4.78, 5) is 26.9. The predicted octanol–water partition coefficient (Wildman–Crippen LogP) is 3.15. The molecule has 2 aromatic rings. The fourth-order valence-corrected chi connectivity index (χ4v) is 3.17. The summed E-state index contributed by atoms with van der Waals surface area (Å²) in [5.74, 6) is 0.0675. The van der Waals surface area contributed by atoms with Crippen LogP contribution < -0.4 is 19.7 Å². The number of amides is 2. The van der Waals surface area contributed by atoms with Crippen LogP contribution >= 0.6 is 12.2 Å². The number of ether oxygens (including phenoxy) is 2. The van der Waals surface area contributed by atoms with E-state index in [0.29, 0.717) is 22.7 Å². The summed E-state index contributed by atoms with van der Waals surface area (Å²) in [6, 6.07) is 10.9. The molecule has 0 aromatic heterocycles. The molecule has 1 heterocycles. The molecule has 7 heteroatoms. The zero-order valence-corrected chi connectivity index (χ0v) is 16.8. The first-order valence-corrected chi connectivity index (χ1v) is 8.97. The molecule has 144 valence electrons. The second-order valence-corrected chi connectivity index (χ2v) is 6.74. The average molecular weight is 396 g/mol. The Balaban J connectivity index is 2.05. The summed E-state index contributed by atoms with van der Waals surface area (Å²) in [6.07, 6.45) is 1.54. The fourth-order valence-electron chi connectivity index (χ4n) is 2.89. The summed E-state index contributed by atoms with van der Waals surface area (Å²) in [7, 11) is 3.08. The van der Waals surface area contributed by atoms with E-state index in [4.69, 9.17) is 21.7 Å². The Morgan fingerprint density at radius 3 is 2.21 bits per heavy atom. The van der Waals surface area contributed by atoms with Gasteiger partial charge in [-0.25, -0.2) is 0 Å². The molecule has 0 spiro atoms. The van der Waals surface area contributed by atoms with Gasteiger partial charge >= 0.3 is 0 Å². The van der Waals surface area contributed by atoms with Gasteiger partial charge in [-0.15, -0.1) is 0 Å². The highest BCUT2D eigenvalue weighted by molar-refractivity contribution is 7.80. The normalized spacial score (nSPS) is 15.6. The number of anilines is 1. The number of hydrogen-bond donors (Lipinski definition) is 1. The minimum Gasteiger partial charge on any atom is -0.493 e. The lowest BCUT2D eigenvalue weighted by Crippen LogP contribution is -2.54. The molecule has 0 bridgehead atoms. The SMILES string of the molecule is COc1cc(C)c(/C=C2\C(=O)NC(=S)N(c3ccc(C)cc3)C2=O)cc1OC. The number of carbonyl (C=O) groups excluding carboxylic acids is 2.